The van der Waals surface area contributed by atoms with Crippen LogP contribution < -0.4 is 21.3 Å². The first-order valence-corrected chi connectivity index (χ1v) is 25.5. The van der Waals surface area contributed by atoms with Gasteiger partial charge in [0.05, 0.1) is 38.5 Å². The van der Waals surface area contributed by atoms with E-state index in [1.165, 1.54) is 79.1 Å². The Kier molecular flexibility index (Phi) is 35.1. The lowest BCUT2D eigenvalue weighted by molar-refractivity contribution is -0.148. The number of nitrogens with one attached hydrogen (secondary N) is 4. The van der Waals surface area contributed by atoms with Crippen molar-refractivity contribution in [3.63, 3.8) is 0 Å². The number of carbonyl (C=O) groups is 5. The molecule has 0 fully saturated rings. The monoisotopic (exact) mass is 931 g/mol. The van der Waals surface area contributed by atoms with Crippen molar-refractivity contribution in [2.24, 2.45) is 0 Å². The zero-order chi connectivity index (χ0) is 46.7. The van der Waals surface area contributed by atoms with Gasteiger partial charge in [-0.2, -0.15) is 0 Å². The van der Waals surface area contributed by atoms with Gasteiger partial charge in [0.15, 0.2) is 0 Å². The zero-order valence-electron chi connectivity index (χ0n) is 38.3. The highest BCUT2D eigenvalue weighted by atomic mass is 31.2. The van der Waals surface area contributed by atoms with Crippen molar-refractivity contribution in [2.75, 3.05) is 39.5 Å². The van der Waals surface area contributed by atoms with E-state index in [9.17, 15) is 42.9 Å². The molecule has 0 aromatic rings. The van der Waals surface area contributed by atoms with Crippen LogP contribution in [0.25, 0.3) is 0 Å². The summed E-state index contributed by atoms with van der Waals surface area (Å²) in [7, 11) is -9.25. The molecule has 0 saturated heterocycles. The summed E-state index contributed by atoms with van der Waals surface area (Å²) < 4.78 is 56.2. The Morgan fingerprint density at radius 2 is 0.823 bits per heavy atom. The van der Waals surface area contributed by atoms with Gasteiger partial charge in [0.1, 0.15) is 12.2 Å². The molecule has 0 radical (unpaired) electrons. The van der Waals surface area contributed by atoms with Gasteiger partial charge < -0.3 is 40.5 Å². The lowest BCUT2D eigenvalue weighted by Crippen LogP contribution is -2.40. The van der Waals surface area contributed by atoms with E-state index in [4.69, 9.17) is 27.6 Å². The molecule has 62 heavy (non-hydrogen) atoms. The lowest BCUT2D eigenvalue weighted by atomic mass is 10.0. The van der Waals surface area contributed by atoms with Gasteiger partial charge in [-0.25, -0.2) is 13.9 Å². The summed E-state index contributed by atoms with van der Waals surface area (Å²) in [6.45, 7) is 7.40. The molecular formula is C41H80N4O15P2. The highest BCUT2D eigenvalue weighted by molar-refractivity contribution is 7.47. The second kappa shape index (κ2) is 36.7. The van der Waals surface area contributed by atoms with Crippen LogP contribution in [-0.4, -0.2) is 103 Å². The van der Waals surface area contributed by atoms with E-state index in [2.05, 4.69) is 35.1 Å². The standard InChI is InChI=1S/C41H80N4O15P2/c1-7-9-11-13-15-17-19-21-23-39(59-35(5)48)29-37(44-33(3)46)31-57-61(51,52)55-27-25-42-41(50)43-26-28-56-62(53,54)58-32-38(45-34(4)47)30-40(60-36(6)49)24-22-20-18-16-14-12-10-8-2/h37-40H,7-32H2,1-6H3,(H,44,46)(H,45,47)(H,51,52)(H,53,54)(H2,42,43,50). The SMILES string of the molecule is CCCCCCCCCCC(CC(COP(=O)(O)OCCNC(=O)NCCOP(=O)(O)OCC(CC(CCCCCCCCCC)OC(C)=O)NC(C)=O)NC(C)=O)OC(C)=O. The Hall–Kier alpha value is -2.63. The number of phosphoric ester groups is 2. The average Bonchev–Trinajstić information content (AvgIpc) is 3.17. The fraction of sp³-hybridized carbons (Fsp3) is 0.878. The van der Waals surface area contributed by atoms with Crippen LogP contribution in [0.15, 0.2) is 0 Å². The molecule has 6 N–H and O–H groups in total. The molecule has 19 nitrogen and oxygen atoms in total. The van der Waals surface area contributed by atoms with Crippen molar-refractivity contribution >= 4 is 45.4 Å². The van der Waals surface area contributed by atoms with Crippen molar-refractivity contribution in [2.45, 2.75) is 194 Å². The number of amides is 4. The van der Waals surface area contributed by atoms with Crippen molar-refractivity contribution in [1.29, 1.82) is 0 Å². The number of hydrogen-bond donors (Lipinski definition) is 6. The van der Waals surface area contributed by atoms with Gasteiger partial charge in [-0.1, -0.05) is 104 Å². The molecule has 4 amide bonds. The van der Waals surface area contributed by atoms with Crippen LogP contribution in [0.2, 0.25) is 0 Å². The topological polar surface area (TPSA) is 263 Å². The number of rotatable bonds is 40. The molecule has 6 atom stereocenters. The van der Waals surface area contributed by atoms with E-state index in [1.807, 2.05) is 0 Å². The Morgan fingerprint density at radius 1 is 0.500 bits per heavy atom. The second-order valence-electron chi connectivity index (χ2n) is 15.6. The molecule has 364 valence electrons. The van der Waals surface area contributed by atoms with Crippen LogP contribution in [0.4, 0.5) is 4.79 Å². The first-order valence-electron chi connectivity index (χ1n) is 22.5. The minimum Gasteiger partial charge on any atom is -0.462 e. The van der Waals surface area contributed by atoms with Gasteiger partial charge >= 0.3 is 33.6 Å². The molecule has 21 heteroatoms. The molecule has 0 rings (SSSR count). The first-order chi connectivity index (χ1) is 29.4. The third kappa shape index (κ3) is 37.9. The van der Waals surface area contributed by atoms with Crippen LogP contribution in [0.3, 0.4) is 0 Å². The predicted octanol–water partition coefficient (Wildman–Crippen LogP) is 7.27. The summed E-state index contributed by atoms with van der Waals surface area (Å²) in [5.74, 6) is -1.76. The van der Waals surface area contributed by atoms with E-state index >= 15 is 0 Å². The Labute approximate surface area is 370 Å². The van der Waals surface area contributed by atoms with Gasteiger partial charge in [-0.15, -0.1) is 0 Å². The fourth-order valence-electron chi connectivity index (χ4n) is 6.63. The normalized spacial score (nSPS) is 15.2. The average molecular weight is 931 g/mol. The summed E-state index contributed by atoms with van der Waals surface area (Å²) in [4.78, 5) is 79.9. The molecular weight excluding hydrogens is 850 g/mol. The minimum absolute atomic E-state index is 0.161. The van der Waals surface area contributed by atoms with Crippen LogP contribution in [0, 0.1) is 0 Å². The van der Waals surface area contributed by atoms with E-state index in [1.54, 1.807) is 0 Å². The number of urea groups is 1. The number of unbranched alkanes of at least 4 members (excludes halogenated alkanes) is 14. The maximum absolute atomic E-state index is 12.6. The largest absolute Gasteiger partial charge is 0.472 e. The summed E-state index contributed by atoms with van der Waals surface area (Å²) >= 11 is 0. The second-order valence-corrected chi connectivity index (χ2v) is 18.5. The van der Waals surface area contributed by atoms with Crippen LogP contribution in [0.1, 0.15) is 170 Å². The Bertz CT molecular complexity index is 1250. The number of ether oxygens (including phenoxy) is 2. The van der Waals surface area contributed by atoms with Crippen molar-refractivity contribution in [3.8, 4) is 0 Å². The highest BCUT2D eigenvalue weighted by Gasteiger charge is 2.28. The third-order valence-electron chi connectivity index (χ3n) is 9.50. The van der Waals surface area contributed by atoms with E-state index in [-0.39, 0.29) is 25.9 Å². The number of carbonyl (C=O) groups excluding carboxylic acids is 5. The van der Waals surface area contributed by atoms with E-state index < -0.39 is 96.1 Å². The number of phosphoric acid groups is 2. The Morgan fingerprint density at radius 3 is 1.13 bits per heavy atom. The van der Waals surface area contributed by atoms with Crippen molar-refractivity contribution in [3.05, 3.63) is 0 Å². The van der Waals surface area contributed by atoms with Crippen molar-refractivity contribution in [1.82, 2.24) is 21.3 Å². The molecule has 0 aromatic heterocycles. The maximum Gasteiger partial charge on any atom is 0.472 e. The molecule has 0 aliphatic carbocycles. The highest BCUT2D eigenvalue weighted by Crippen LogP contribution is 2.44. The molecule has 0 aliphatic heterocycles. The van der Waals surface area contributed by atoms with Gasteiger partial charge in [-0.05, 0) is 25.7 Å². The molecule has 0 saturated carbocycles. The van der Waals surface area contributed by atoms with E-state index in [0.29, 0.717) is 12.8 Å². The third-order valence-corrected chi connectivity index (χ3v) is 11.5. The van der Waals surface area contributed by atoms with Gasteiger partial charge in [0, 0.05) is 53.6 Å². The number of esters is 2. The van der Waals surface area contributed by atoms with Crippen LogP contribution in [-0.2, 0) is 55.9 Å². The molecule has 0 aromatic carbocycles. The lowest BCUT2D eigenvalue weighted by Gasteiger charge is -2.25. The maximum atomic E-state index is 12.6. The van der Waals surface area contributed by atoms with Gasteiger partial charge in [0.2, 0.25) is 11.8 Å². The molecule has 0 bridgehead atoms. The summed E-state index contributed by atoms with van der Waals surface area (Å²) in [5, 5.41) is 10.1. The van der Waals surface area contributed by atoms with Gasteiger partial charge in [0.25, 0.3) is 0 Å². The van der Waals surface area contributed by atoms with Crippen LogP contribution >= 0.6 is 15.6 Å². The Balaban J connectivity index is 4.72. The van der Waals surface area contributed by atoms with Gasteiger partial charge in [-0.3, -0.25) is 37.3 Å². The first kappa shape index (κ1) is 59.4. The minimum atomic E-state index is -4.63. The molecule has 0 aliphatic rings. The predicted molar refractivity (Wildman–Crippen MR) is 235 cm³/mol. The van der Waals surface area contributed by atoms with Crippen molar-refractivity contribution < 1.29 is 70.5 Å². The molecule has 6 unspecified atom stereocenters. The summed E-state index contributed by atoms with van der Waals surface area (Å²) in [5.41, 5.74) is 0. The number of hydrogen-bond acceptors (Lipinski definition) is 13. The fourth-order valence-corrected chi connectivity index (χ4v) is 8.16. The summed E-state index contributed by atoms with van der Waals surface area (Å²) in [6.07, 6.45) is 18.0. The zero-order valence-corrected chi connectivity index (χ0v) is 40.1. The smallest absolute Gasteiger partial charge is 0.462 e. The van der Waals surface area contributed by atoms with E-state index in [0.717, 1.165) is 51.4 Å². The van der Waals surface area contributed by atoms with Crippen LogP contribution in [0.5, 0.6) is 0 Å². The molecule has 0 heterocycles. The molecule has 0 spiro atoms. The summed E-state index contributed by atoms with van der Waals surface area (Å²) in [6, 6.07) is -2.25. The quantitative estimate of drug-likeness (QED) is 0.0201.